The van der Waals surface area contributed by atoms with Gasteiger partial charge in [0.1, 0.15) is 18.2 Å². The number of benzene rings is 2. The van der Waals surface area contributed by atoms with Crippen LogP contribution in [0.1, 0.15) is 11.1 Å². The van der Waals surface area contributed by atoms with Crippen LogP contribution in [0.2, 0.25) is 5.02 Å². The van der Waals surface area contributed by atoms with Crippen molar-refractivity contribution in [3.05, 3.63) is 62.8 Å². The second kappa shape index (κ2) is 6.37. The molecule has 0 fully saturated rings. The smallest absolute Gasteiger partial charge is 0.131 e. The third-order valence-corrected chi connectivity index (χ3v) is 3.81. The van der Waals surface area contributed by atoms with Crippen molar-refractivity contribution in [2.45, 2.75) is 13.2 Å². The molecule has 2 aromatic carbocycles. The zero-order valence-electron chi connectivity index (χ0n) is 10.00. The van der Waals surface area contributed by atoms with Gasteiger partial charge >= 0.3 is 0 Å². The molecule has 2 rings (SSSR count). The molecule has 0 aliphatic rings. The van der Waals surface area contributed by atoms with Crippen LogP contribution >= 0.6 is 27.5 Å². The van der Waals surface area contributed by atoms with Crippen LogP contribution in [0.15, 0.2) is 40.9 Å². The zero-order valence-corrected chi connectivity index (χ0v) is 12.3. The fourth-order valence-electron chi connectivity index (χ4n) is 1.62. The van der Waals surface area contributed by atoms with E-state index in [1.165, 1.54) is 6.07 Å². The van der Waals surface area contributed by atoms with E-state index in [9.17, 15) is 4.39 Å². The van der Waals surface area contributed by atoms with Gasteiger partial charge < -0.3 is 10.5 Å². The Hall–Kier alpha value is -1.10. The summed E-state index contributed by atoms with van der Waals surface area (Å²) in [5.74, 6) is 0.256. The van der Waals surface area contributed by atoms with E-state index in [2.05, 4.69) is 15.9 Å². The van der Waals surface area contributed by atoms with Crippen molar-refractivity contribution in [3.8, 4) is 5.75 Å². The molecule has 19 heavy (non-hydrogen) atoms. The minimum Gasteiger partial charge on any atom is -0.489 e. The highest BCUT2D eigenvalue weighted by molar-refractivity contribution is 9.10. The Morgan fingerprint density at radius 3 is 2.74 bits per heavy atom. The summed E-state index contributed by atoms with van der Waals surface area (Å²) in [7, 11) is 0. The van der Waals surface area contributed by atoms with Gasteiger partial charge in [0.15, 0.2) is 0 Å². The fraction of sp³-hybridized carbons (Fsp3) is 0.143. The lowest BCUT2D eigenvalue weighted by molar-refractivity contribution is 0.299. The molecule has 2 N–H and O–H groups in total. The lowest BCUT2D eigenvalue weighted by atomic mass is 10.2. The van der Waals surface area contributed by atoms with Crippen molar-refractivity contribution in [1.29, 1.82) is 0 Å². The predicted molar refractivity (Wildman–Crippen MR) is 77.8 cm³/mol. The van der Waals surface area contributed by atoms with Gasteiger partial charge in [0.2, 0.25) is 0 Å². The van der Waals surface area contributed by atoms with E-state index >= 15 is 0 Å². The van der Waals surface area contributed by atoms with Crippen LogP contribution in [0.4, 0.5) is 4.39 Å². The lowest BCUT2D eigenvalue weighted by Gasteiger charge is -2.10. The van der Waals surface area contributed by atoms with Gasteiger partial charge in [-0.2, -0.15) is 0 Å². The van der Waals surface area contributed by atoms with Gasteiger partial charge in [-0.15, -0.1) is 0 Å². The summed E-state index contributed by atoms with van der Waals surface area (Å²) < 4.78 is 20.0. The van der Waals surface area contributed by atoms with Crippen LogP contribution in [0.5, 0.6) is 5.75 Å². The maximum Gasteiger partial charge on any atom is 0.131 e. The first-order valence-corrected chi connectivity index (χ1v) is 6.83. The molecule has 0 aliphatic carbocycles. The molecule has 0 spiro atoms. The van der Waals surface area contributed by atoms with Crippen LogP contribution in [0, 0.1) is 5.82 Å². The van der Waals surface area contributed by atoms with Crippen molar-refractivity contribution in [1.82, 2.24) is 0 Å². The Balaban J connectivity index is 2.15. The Labute approximate surface area is 124 Å². The highest BCUT2D eigenvalue weighted by Crippen LogP contribution is 2.25. The minimum absolute atomic E-state index is 0.0805. The molecule has 0 bridgehead atoms. The first-order valence-electron chi connectivity index (χ1n) is 5.66. The zero-order chi connectivity index (χ0) is 13.8. The highest BCUT2D eigenvalue weighted by Gasteiger charge is 2.08. The maximum absolute atomic E-state index is 13.6. The van der Waals surface area contributed by atoms with Crippen molar-refractivity contribution in [2.24, 2.45) is 5.73 Å². The van der Waals surface area contributed by atoms with Gasteiger partial charge in [-0.05, 0) is 35.9 Å². The van der Waals surface area contributed by atoms with Crippen molar-refractivity contribution in [2.75, 3.05) is 0 Å². The predicted octanol–water partition coefficient (Wildman–Crippen LogP) is 4.28. The summed E-state index contributed by atoms with van der Waals surface area (Å²) in [6, 6.07) is 10.0. The topological polar surface area (TPSA) is 35.2 Å². The average Bonchev–Trinajstić information content (AvgIpc) is 2.40. The van der Waals surface area contributed by atoms with Gasteiger partial charge in [0, 0.05) is 16.6 Å². The van der Waals surface area contributed by atoms with Crippen LogP contribution in [-0.4, -0.2) is 0 Å². The van der Waals surface area contributed by atoms with Gasteiger partial charge in [-0.25, -0.2) is 4.39 Å². The quantitative estimate of drug-likeness (QED) is 0.898. The summed E-state index contributed by atoms with van der Waals surface area (Å²) in [6.07, 6.45) is 0. The minimum atomic E-state index is -0.372. The summed E-state index contributed by atoms with van der Waals surface area (Å²) in [6.45, 7) is 0.482. The molecule has 2 aromatic rings. The Morgan fingerprint density at radius 1 is 1.26 bits per heavy atom. The molecule has 2 nitrogen and oxygen atoms in total. The number of hydrogen-bond donors (Lipinski definition) is 1. The van der Waals surface area contributed by atoms with E-state index < -0.39 is 0 Å². The van der Waals surface area contributed by atoms with Gasteiger partial charge in [0.05, 0.1) is 5.02 Å². The molecule has 0 saturated heterocycles. The third kappa shape index (κ3) is 3.47. The second-order valence-electron chi connectivity index (χ2n) is 3.95. The van der Waals surface area contributed by atoms with E-state index in [4.69, 9.17) is 22.1 Å². The molecule has 0 atom stereocenters. The van der Waals surface area contributed by atoms with E-state index in [1.807, 2.05) is 12.1 Å². The van der Waals surface area contributed by atoms with Crippen molar-refractivity contribution >= 4 is 27.5 Å². The standard InChI is InChI=1S/C14H12BrClFNO/c15-12-5-4-10(6-9(12)7-18)19-8-11-13(16)2-1-3-14(11)17/h1-6H,7-8,18H2. The molecule has 0 aromatic heterocycles. The van der Waals surface area contributed by atoms with Gasteiger partial charge in [-0.3, -0.25) is 0 Å². The first kappa shape index (κ1) is 14.3. The second-order valence-corrected chi connectivity index (χ2v) is 5.21. The number of halogens is 3. The number of nitrogens with two attached hydrogens (primary N) is 1. The first-order chi connectivity index (χ1) is 9.11. The van der Waals surface area contributed by atoms with Crippen molar-refractivity contribution < 1.29 is 9.13 Å². The molecule has 0 radical (unpaired) electrons. The molecule has 0 aliphatic heterocycles. The number of ether oxygens (including phenoxy) is 1. The summed E-state index contributed by atoms with van der Waals surface area (Å²) in [5, 5.41) is 0.358. The molecule has 5 heteroatoms. The Bertz CT molecular complexity index is 571. The molecule has 0 unspecified atom stereocenters. The Morgan fingerprint density at radius 2 is 2.05 bits per heavy atom. The third-order valence-electron chi connectivity index (χ3n) is 2.68. The normalized spacial score (nSPS) is 10.5. The Kier molecular flexibility index (Phi) is 4.80. The number of rotatable bonds is 4. The van der Waals surface area contributed by atoms with Crippen molar-refractivity contribution in [3.63, 3.8) is 0 Å². The molecule has 0 heterocycles. The maximum atomic E-state index is 13.6. The largest absolute Gasteiger partial charge is 0.489 e. The molecule has 100 valence electrons. The monoisotopic (exact) mass is 343 g/mol. The highest BCUT2D eigenvalue weighted by atomic mass is 79.9. The summed E-state index contributed by atoms with van der Waals surface area (Å²) in [5.41, 5.74) is 6.88. The van der Waals surface area contributed by atoms with E-state index in [1.54, 1.807) is 18.2 Å². The number of hydrogen-bond acceptors (Lipinski definition) is 2. The van der Waals surface area contributed by atoms with Gasteiger partial charge in [-0.1, -0.05) is 33.6 Å². The van der Waals surface area contributed by atoms with Crippen LogP contribution < -0.4 is 10.5 Å². The van der Waals surface area contributed by atoms with Gasteiger partial charge in [0.25, 0.3) is 0 Å². The van der Waals surface area contributed by atoms with Crippen LogP contribution in [-0.2, 0) is 13.2 Å². The molecule has 0 saturated carbocycles. The van der Waals surface area contributed by atoms with E-state index in [0.717, 1.165) is 10.0 Å². The SMILES string of the molecule is NCc1cc(OCc2c(F)cccc2Cl)ccc1Br. The van der Waals surface area contributed by atoms with Crippen LogP contribution in [0.25, 0.3) is 0 Å². The van der Waals surface area contributed by atoms with Crippen LogP contribution in [0.3, 0.4) is 0 Å². The average molecular weight is 345 g/mol. The van der Waals surface area contributed by atoms with E-state index in [-0.39, 0.29) is 12.4 Å². The molecule has 0 amide bonds. The molecular formula is C14H12BrClFNO. The summed E-state index contributed by atoms with van der Waals surface area (Å²) in [4.78, 5) is 0. The van der Waals surface area contributed by atoms with E-state index in [0.29, 0.717) is 22.9 Å². The fourth-order valence-corrected chi connectivity index (χ4v) is 2.25. The molecular weight excluding hydrogens is 333 g/mol. The lowest BCUT2D eigenvalue weighted by Crippen LogP contribution is -2.01. The summed E-state index contributed by atoms with van der Waals surface area (Å²) >= 11 is 9.33.